The number of nitrogens with one attached hydrogen (secondary N) is 2. The molecule has 1 aliphatic rings. The maximum absolute atomic E-state index is 12.7. The first-order valence-electron chi connectivity index (χ1n) is 9.86. The Hall–Kier alpha value is -2.08. The van der Waals surface area contributed by atoms with Crippen LogP contribution in [0.3, 0.4) is 0 Å². The van der Waals surface area contributed by atoms with E-state index in [-0.39, 0.29) is 11.6 Å². The zero-order valence-corrected chi connectivity index (χ0v) is 15.7. The molecule has 0 bridgehead atoms. The number of rotatable bonds is 8. The molecule has 0 spiro atoms. The van der Waals surface area contributed by atoms with E-state index in [1.165, 1.54) is 12.8 Å². The molecule has 1 unspecified atom stereocenters. The maximum atomic E-state index is 12.7. The highest BCUT2D eigenvalue weighted by Gasteiger charge is 2.15. The van der Waals surface area contributed by atoms with Gasteiger partial charge in [-0.15, -0.1) is 0 Å². The zero-order chi connectivity index (χ0) is 18.4. The van der Waals surface area contributed by atoms with Crippen LogP contribution in [0.15, 0.2) is 29.1 Å². The largest absolute Gasteiger partial charge is 0.356 e. The fourth-order valence-corrected chi connectivity index (χ4v) is 3.82. The molecule has 6 nitrogen and oxygen atoms in total. The second-order valence-corrected chi connectivity index (χ2v) is 7.18. The first-order chi connectivity index (χ1) is 12.7. The number of carbonyl (C=O) groups excluding carboxylic acids is 1. The van der Waals surface area contributed by atoms with E-state index in [0.29, 0.717) is 25.4 Å². The summed E-state index contributed by atoms with van der Waals surface area (Å²) in [5, 5.41) is 6.41. The molecule has 1 fully saturated rings. The Kier molecular flexibility index (Phi) is 6.50. The topological polar surface area (TPSA) is 68.1 Å². The standard InChI is InChI=1S/C20H30N4O2/c1-2-13-23-17-7-3-4-8-18(17)24(20(23)26)14-10-19(25)22-12-9-16-6-5-11-21-15-16/h3-4,7-8,16,21H,2,5-6,9-15H2,1H3,(H,22,25). The van der Waals surface area contributed by atoms with Crippen molar-refractivity contribution in [1.82, 2.24) is 19.8 Å². The molecule has 3 rings (SSSR count). The van der Waals surface area contributed by atoms with Crippen LogP contribution in [0.1, 0.15) is 39.0 Å². The fourth-order valence-electron chi connectivity index (χ4n) is 3.82. The molecule has 1 atom stereocenters. The van der Waals surface area contributed by atoms with Crippen LogP contribution in [0.25, 0.3) is 11.0 Å². The van der Waals surface area contributed by atoms with Crippen LogP contribution in [-0.2, 0) is 17.9 Å². The van der Waals surface area contributed by atoms with Gasteiger partial charge in [0.25, 0.3) is 0 Å². The minimum absolute atomic E-state index is 0.0193. The van der Waals surface area contributed by atoms with E-state index in [1.54, 1.807) is 4.57 Å². The number of benzene rings is 1. The molecular weight excluding hydrogens is 328 g/mol. The van der Waals surface area contributed by atoms with Gasteiger partial charge < -0.3 is 10.6 Å². The Morgan fingerprint density at radius 3 is 2.62 bits per heavy atom. The van der Waals surface area contributed by atoms with Gasteiger partial charge in [0.2, 0.25) is 5.91 Å². The van der Waals surface area contributed by atoms with E-state index in [0.717, 1.165) is 43.5 Å². The molecule has 2 N–H and O–H groups in total. The number of imidazole rings is 1. The normalized spacial score (nSPS) is 17.5. The molecule has 2 heterocycles. The van der Waals surface area contributed by atoms with Crippen LogP contribution < -0.4 is 16.3 Å². The molecule has 6 heteroatoms. The predicted molar refractivity (Wildman–Crippen MR) is 104 cm³/mol. The van der Waals surface area contributed by atoms with Gasteiger partial charge in [0.1, 0.15) is 0 Å². The van der Waals surface area contributed by atoms with Crippen LogP contribution in [0.5, 0.6) is 0 Å². The lowest BCUT2D eigenvalue weighted by molar-refractivity contribution is -0.121. The van der Waals surface area contributed by atoms with E-state index in [2.05, 4.69) is 17.6 Å². The van der Waals surface area contributed by atoms with Crippen molar-refractivity contribution in [1.29, 1.82) is 0 Å². The quantitative estimate of drug-likeness (QED) is 0.759. The molecule has 1 aliphatic heterocycles. The highest BCUT2D eigenvalue weighted by atomic mass is 16.2. The van der Waals surface area contributed by atoms with E-state index in [1.807, 2.05) is 28.8 Å². The van der Waals surface area contributed by atoms with Crippen molar-refractivity contribution in [2.24, 2.45) is 5.92 Å². The molecule has 0 saturated carbocycles. The molecule has 142 valence electrons. The maximum Gasteiger partial charge on any atom is 0.329 e. The summed E-state index contributed by atoms with van der Waals surface area (Å²) in [7, 11) is 0. The third kappa shape index (κ3) is 4.36. The molecule has 0 radical (unpaired) electrons. The average molecular weight is 358 g/mol. The molecule has 0 aliphatic carbocycles. The lowest BCUT2D eigenvalue weighted by Gasteiger charge is -2.22. The van der Waals surface area contributed by atoms with Crippen molar-refractivity contribution in [3.63, 3.8) is 0 Å². The summed E-state index contributed by atoms with van der Waals surface area (Å²) in [6, 6.07) is 7.82. The molecule has 2 aromatic rings. The number of carbonyl (C=O) groups is 1. The van der Waals surface area contributed by atoms with Crippen LogP contribution >= 0.6 is 0 Å². The predicted octanol–water partition coefficient (Wildman–Crippen LogP) is 2.11. The molecule has 26 heavy (non-hydrogen) atoms. The summed E-state index contributed by atoms with van der Waals surface area (Å²) in [6.45, 7) is 6.08. The third-order valence-corrected chi connectivity index (χ3v) is 5.21. The first-order valence-corrected chi connectivity index (χ1v) is 9.86. The Bertz CT molecular complexity index is 787. The molecule has 1 amide bonds. The van der Waals surface area contributed by atoms with Crippen LogP contribution in [0, 0.1) is 5.92 Å². The second kappa shape index (κ2) is 9.03. The summed E-state index contributed by atoms with van der Waals surface area (Å²) in [6.07, 6.45) is 4.74. The molecule has 1 aromatic heterocycles. The Morgan fingerprint density at radius 1 is 1.23 bits per heavy atom. The summed E-state index contributed by atoms with van der Waals surface area (Å²) in [5.74, 6) is 0.687. The monoisotopic (exact) mass is 358 g/mol. The van der Waals surface area contributed by atoms with Gasteiger partial charge in [-0.3, -0.25) is 13.9 Å². The minimum Gasteiger partial charge on any atom is -0.356 e. The van der Waals surface area contributed by atoms with Gasteiger partial charge in [-0.2, -0.15) is 0 Å². The fraction of sp³-hybridized carbons (Fsp3) is 0.600. The van der Waals surface area contributed by atoms with Gasteiger partial charge in [-0.1, -0.05) is 19.1 Å². The van der Waals surface area contributed by atoms with E-state index >= 15 is 0 Å². The minimum atomic E-state index is -0.0193. The number of fused-ring (bicyclic) bond motifs is 1. The number of aryl methyl sites for hydroxylation is 2. The van der Waals surface area contributed by atoms with E-state index in [4.69, 9.17) is 0 Å². The van der Waals surface area contributed by atoms with Crippen molar-refractivity contribution in [2.45, 2.75) is 52.1 Å². The van der Waals surface area contributed by atoms with Crippen molar-refractivity contribution in [3.8, 4) is 0 Å². The first kappa shape index (κ1) is 18.7. The van der Waals surface area contributed by atoms with Crippen LogP contribution in [-0.4, -0.2) is 34.7 Å². The van der Waals surface area contributed by atoms with Gasteiger partial charge in [-0.25, -0.2) is 4.79 Å². The molecular formula is C20H30N4O2. The van der Waals surface area contributed by atoms with Crippen LogP contribution in [0.2, 0.25) is 0 Å². The number of hydrogen-bond donors (Lipinski definition) is 2. The third-order valence-electron chi connectivity index (χ3n) is 5.21. The summed E-state index contributed by atoms with van der Waals surface area (Å²) in [4.78, 5) is 24.9. The summed E-state index contributed by atoms with van der Waals surface area (Å²) >= 11 is 0. The second-order valence-electron chi connectivity index (χ2n) is 7.18. The zero-order valence-electron chi connectivity index (χ0n) is 15.7. The van der Waals surface area contributed by atoms with Crippen molar-refractivity contribution < 1.29 is 4.79 Å². The Balaban J connectivity index is 1.56. The highest BCUT2D eigenvalue weighted by Crippen LogP contribution is 2.14. The number of para-hydroxylation sites is 2. The van der Waals surface area contributed by atoms with Crippen molar-refractivity contribution in [2.75, 3.05) is 19.6 Å². The van der Waals surface area contributed by atoms with Gasteiger partial charge in [0.15, 0.2) is 0 Å². The number of piperidine rings is 1. The number of nitrogens with zero attached hydrogens (tertiary/aromatic N) is 2. The van der Waals surface area contributed by atoms with Crippen LogP contribution in [0.4, 0.5) is 0 Å². The Labute approximate surface area is 154 Å². The van der Waals surface area contributed by atoms with Crippen molar-refractivity contribution in [3.05, 3.63) is 34.7 Å². The van der Waals surface area contributed by atoms with Gasteiger partial charge in [0.05, 0.1) is 11.0 Å². The average Bonchev–Trinajstić information content (AvgIpc) is 2.93. The summed E-state index contributed by atoms with van der Waals surface area (Å²) < 4.78 is 3.54. The Morgan fingerprint density at radius 2 is 1.96 bits per heavy atom. The molecule has 1 aromatic carbocycles. The SMILES string of the molecule is CCCn1c(=O)n(CCC(=O)NCCC2CCCNC2)c2ccccc21. The number of amides is 1. The highest BCUT2D eigenvalue weighted by molar-refractivity contribution is 5.78. The van der Waals surface area contributed by atoms with Crippen molar-refractivity contribution >= 4 is 16.9 Å². The van der Waals surface area contributed by atoms with Gasteiger partial charge in [0, 0.05) is 26.1 Å². The summed E-state index contributed by atoms with van der Waals surface area (Å²) in [5.41, 5.74) is 1.84. The van der Waals surface area contributed by atoms with Gasteiger partial charge in [-0.05, 0) is 56.8 Å². The number of hydrogen-bond acceptors (Lipinski definition) is 3. The number of aromatic nitrogens is 2. The smallest absolute Gasteiger partial charge is 0.329 e. The van der Waals surface area contributed by atoms with Gasteiger partial charge >= 0.3 is 5.69 Å². The lowest BCUT2D eigenvalue weighted by Crippen LogP contribution is -2.33. The lowest BCUT2D eigenvalue weighted by atomic mass is 9.96. The van der Waals surface area contributed by atoms with E-state index in [9.17, 15) is 9.59 Å². The van der Waals surface area contributed by atoms with E-state index < -0.39 is 0 Å². The molecule has 1 saturated heterocycles.